The Labute approximate surface area is 259 Å². The lowest BCUT2D eigenvalue weighted by Crippen LogP contribution is -2.70. The van der Waals surface area contributed by atoms with E-state index in [1.165, 1.54) is 5.57 Å². The standard InChI is InChI=1S/C33H50O11/c1-16(2)18-8-10-30(4)12-20-19(9-11-32(20,36)15-38-7)17(3)24(34)26(23(18)30)41-28-25(35)27-33(22(40-28)13-37-6)43-29(42-27)31(5,44-33)21-14-39-21/h12,16-17,19,21-22,24-29,34-36H,8-11,13-15H2,1-7H3/t17-,19+,21+,22-,24-,25-,26-,27-,28-,29+,30-,31+,32+,33-/m1/s1. The van der Waals surface area contributed by atoms with Gasteiger partial charge in [-0.2, -0.15) is 0 Å². The number of ether oxygens (including phenoxy) is 8. The largest absolute Gasteiger partial charge is 0.390 e. The van der Waals surface area contributed by atoms with Crippen LogP contribution in [-0.2, 0) is 37.9 Å². The minimum absolute atomic E-state index is 0.0440. The minimum atomic E-state index is -1.38. The van der Waals surface area contributed by atoms with E-state index in [1.54, 1.807) is 14.2 Å². The summed E-state index contributed by atoms with van der Waals surface area (Å²) in [7, 11) is 3.19. The molecular formula is C33H50O11. The van der Waals surface area contributed by atoms with Gasteiger partial charge < -0.3 is 53.2 Å². The monoisotopic (exact) mass is 622 g/mol. The number of fused-ring (bicyclic) bond motifs is 3. The molecule has 3 aliphatic carbocycles. The molecule has 0 amide bonds. The predicted octanol–water partition coefficient (Wildman–Crippen LogP) is 2.21. The summed E-state index contributed by atoms with van der Waals surface area (Å²) in [5.41, 5.74) is 0.814. The van der Waals surface area contributed by atoms with E-state index < -0.39 is 65.5 Å². The number of methoxy groups -OCH3 is 2. The Morgan fingerprint density at radius 3 is 2.48 bits per heavy atom. The van der Waals surface area contributed by atoms with Crippen molar-refractivity contribution in [2.24, 2.45) is 23.2 Å². The molecule has 0 radical (unpaired) electrons. The molecule has 4 heterocycles. The highest BCUT2D eigenvalue weighted by molar-refractivity contribution is 5.42. The van der Waals surface area contributed by atoms with E-state index in [1.807, 2.05) is 13.8 Å². The Bertz CT molecular complexity index is 1200. The second-order valence-corrected chi connectivity index (χ2v) is 14.9. The molecule has 11 heteroatoms. The van der Waals surface area contributed by atoms with Crippen molar-refractivity contribution in [1.82, 2.24) is 0 Å². The first kappa shape index (κ1) is 31.6. The lowest BCUT2D eigenvalue weighted by atomic mass is 9.68. The molecule has 0 aromatic rings. The molecule has 0 aromatic carbocycles. The van der Waals surface area contributed by atoms with Gasteiger partial charge in [-0.25, -0.2) is 0 Å². The molecular weight excluding hydrogens is 572 g/mol. The summed E-state index contributed by atoms with van der Waals surface area (Å²) in [5, 5.41) is 35.7. The van der Waals surface area contributed by atoms with Crippen LogP contribution in [0.2, 0.25) is 0 Å². The number of aliphatic hydroxyl groups excluding tert-OH is 2. The van der Waals surface area contributed by atoms with Crippen molar-refractivity contribution in [3.63, 3.8) is 0 Å². The first-order valence-corrected chi connectivity index (χ1v) is 16.3. The average molecular weight is 623 g/mol. The van der Waals surface area contributed by atoms with Crippen molar-refractivity contribution in [1.29, 1.82) is 0 Å². The van der Waals surface area contributed by atoms with Gasteiger partial charge in [0.05, 0.1) is 25.9 Å². The molecule has 248 valence electrons. The summed E-state index contributed by atoms with van der Waals surface area (Å²) in [6, 6.07) is 0. The van der Waals surface area contributed by atoms with Gasteiger partial charge >= 0.3 is 0 Å². The van der Waals surface area contributed by atoms with Crippen LogP contribution in [0.5, 0.6) is 0 Å². The third-order valence-corrected chi connectivity index (χ3v) is 11.7. The number of epoxide rings is 1. The summed E-state index contributed by atoms with van der Waals surface area (Å²) in [6.45, 7) is 11.3. The van der Waals surface area contributed by atoms with Gasteiger partial charge in [-0.3, -0.25) is 0 Å². The maximum atomic E-state index is 12.2. The molecule has 11 nitrogen and oxygen atoms in total. The molecule has 7 rings (SSSR count). The zero-order chi connectivity index (χ0) is 31.4. The number of allylic oxidation sites excluding steroid dienone is 2. The van der Waals surface area contributed by atoms with Gasteiger partial charge in [-0.1, -0.05) is 39.3 Å². The molecule has 1 spiro atoms. The van der Waals surface area contributed by atoms with Crippen molar-refractivity contribution in [3.8, 4) is 0 Å². The van der Waals surface area contributed by atoms with Crippen molar-refractivity contribution >= 4 is 0 Å². The maximum Gasteiger partial charge on any atom is 0.230 e. The van der Waals surface area contributed by atoms with E-state index in [4.69, 9.17) is 37.9 Å². The quantitative estimate of drug-likeness (QED) is 0.271. The molecule has 4 aliphatic heterocycles. The normalized spacial score (nSPS) is 52.9. The molecule has 2 bridgehead atoms. The van der Waals surface area contributed by atoms with Gasteiger partial charge in [0.1, 0.15) is 41.7 Å². The molecule has 44 heavy (non-hydrogen) atoms. The molecule has 3 N–H and O–H groups in total. The van der Waals surface area contributed by atoms with E-state index in [2.05, 4.69) is 26.8 Å². The zero-order valence-corrected chi connectivity index (χ0v) is 27.0. The second kappa shape index (κ2) is 10.8. The fourth-order valence-corrected chi connectivity index (χ4v) is 9.18. The highest BCUT2D eigenvalue weighted by Crippen LogP contribution is 2.59. The summed E-state index contributed by atoms with van der Waals surface area (Å²) in [4.78, 5) is 0. The van der Waals surface area contributed by atoms with Gasteiger partial charge in [0.15, 0.2) is 12.6 Å². The summed E-state index contributed by atoms with van der Waals surface area (Å²) in [6.07, 6.45) is -1.41. The Hall–Kier alpha value is -0.960. The topological polar surface area (TPSA) is 138 Å². The Balaban J connectivity index is 1.25. The number of rotatable bonds is 8. The summed E-state index contributed by atoms with van der Waals surface area (Å²) >= 11 is 0. The minimum Gasteiger partial charge on any atom is -0.390 e. The van der Waals surface area contributed by atoms with E-state index in [9.17, 15) is 15.3 Å². The first-order chi connectivity index (χ1) is 20.8. The Kier molecular flexibility index (Phi) is 7.75. The second-order valence-electron chi connectivity index (χ2n) is 14.9. The third kappa shape index (κ3) is 4.49. The molecule has 0 aromatic heterocycles. The first-order valence-electron chi connectivity index (χ1n) is 16.3. The molecule has 1 saturated carbocycles. The SMILES string of the molecule is COC[C@H]1O[C@H](O[C@@H]2C3=C(C(C)C)CC[C@]3(C)C=C3[C@@H](CC[C@]3(O)COC)[C@@H](C)[C@H]2O)[C@H](O)[C@H]2O[C@H]3O[C@]21O[C@@]3(C)[C@@H]1CO1. The van der Waals surface area contributed by atoms with Crippen LogP contribution in [0, 0.1) is 23.2 Å². The summed E-state index contributed by atoms with van der Waals surface area (Å²) < 4.78 is 49.0. The van der Waals surface area contributed by atoms with Crippen LogP contribution >= 0.6 is 0 Å². The third-order valence-electron chi connectivity index (χ3n) is 11.7. The smallest absolute Gasteiger partial charge is 0.230 e. The summed E-state index contributed by atoms with van der Waals surface area (Å²) in [5.74, 6) is -1.45. The molecule has 14 atom stereocenters. The highest BCUT2D eigenvalue weighted by atomic mass is 16.9. The molecule has 0 unspecified atom stereocenters. The Morgan fingerprint density at radius 2 is 1.82 bits per heavy atom. The molecule has 7 aliphatic rings. The average Bonchev–Trinajstić information content (AvgIpc) is 3.48. The molecule has 4 saturated heterocycles. The van der Waals surface area contributed by atoms with Gasteiger partial charge in [0.25, 0.3) is 0 Å². The van der Waals surface area contributed by atoms with Crippen molar-refractivity contribution in [2.75, 3.05) is 34.0 Å². The lowest BCUT2D eigenvalue weighted by molar-refractivity contribution is -0.385. The Morgan fingerprint density at radius 1 is 1.07 bits per heavy atom. The van der Waals surface area contributed by atoms with Gasteiger partial charge in [-0.15, -0.1) is 0 Å². The lowest BCUT2D eigenvalue weighted by Gasteiger charge is -2.50. The van der Waals surface area contributed by atoms with Crippen LogP contribution in [0.4, 0.5) is 0 Å². The van der Waals surface area contributed by atoms with Gasteiger partial charge in [0, 0.05) is 19.6 Å². The van der Waals surface area contributed by atoms with Crippen LogP contribution in [0.3, 0.4) is 0 Å². The zero-order valence-electron chi connectivity index (χ0n) is 27.0. The van der Waals surface area contributed by atoms with Crippen LogP contribution < -0.4 is 0 Å². The number of hydrogen-bond acceptors (Lipinski definition) is 11. The van der Waals surface area contributed by atoms with Crippen LogP contribution in [-0.4, -0.2) is 116 Å². The van der Waals surface area contributed by atoms with E-state index in [0.29, 0.717) is 13.0 Å². The van der Waals surface area contributed by atoms with Crippen LogP contribution in [0.25, 0.3) is 0 Å². The van der Waals surface area contributed by atoms with E-state index in [0.717, 1.165) is 30.4 Å². The highest BCUT2D eigenvalue weighted by Gasteiger charge is 2.77. The van der Waals surface area contributed by atoms with Crippen molar-refractivity contribution < 1.29 is 53.2 Å². The molecule has 5 fully saturated rings. The predicted molar refractivity (Wildman–Crippen MR) is 155 cm³/mol. The fourth-order valence-electron chi connectivity index (χ4n) is 9.18. The van der Waals surface area contributed by atoms with Crippen LogP contribution in [0.15, 0.2) is 22.8 Å². The van der Waals surface area contributed by atoms with Gasteiger partial charge in [-0.05, 0) is 61.5 Å². The van der Waals surface area contributed by atoms with Crippen molar-refractivity contribution in [2.45, 2.75) is 126 Å². The van der Waals surface area contributed by atoms with E-state index >= 15 is 0 Å². The van der Waals surface area contributed by atoms with E-state index in [-0.39, 0.29) is 37.1 Å². The fraction of sp³-hybridized carbons (Fsp3) is 0.879. The maximum absolute atomic E-state index is 12.2. The van der Waals surface area contributed by atoms with Crippen molar-refractivity contribution in [3.05, 3.63) is 22.8 Å². The van der Waals surface area contributed by atoms with Gasteiger partial charge in [0.2, 0.25) is 5.79 Å². The number of hydrogen-bond donors (Lipinski definition) is 3. The van der Waals surface area contributed by atoms with Crippen LogP contribution in [0.1, 0.15) is 60.3 Å². The number of aliphatic hydroxyl groups is 3.